The normalized spacial score (nSPS) is 13.7. The highest BCUT2D eigenvalue weighted by atomic mass is 32.1. The van der Waals surface area contributed by atoms with E-state index in [1.165, 1.54) is 22.6 Å². The van der Waals surface area contributed by atoms with E-state index in [9.17, 15) is 9.59 Å². The van der Waals surface area contributed by atoms with Gasteiger partial charge in [0.15, 0.2) is 0 Å². The standard InChI is InChI=1S/C27H26N2O3S2/c1-2-32-27(31)24-18-11-5-3-4-6-13-22(18)34-26(24)29-25(30)19-16-21(23-14-9-15-33-23)28-20-12-8-7-10-17(19)20/h7-10,12,14-16H,2-6,11,13H2,1H3,(H,29,30). The minimum absolute atomic E-state index is 0.240. The van der Waals surface area contributed by atoms with Crippen LogP contribution >= 0.6 is 22.7 Å². The van der Waals surface area contributed by atoms with Gasteiger partial charge in [-0.2, -0.15) is 0 Å². The van der Waals surface area contributed by atoms with Crippen LogP contribution in [-0.4, -0.2) is 23.5 Å². The second-order valence-electron chi connectivity index (χ2n) is 8.35. The molecular formula is C27H26N2O3S2. The molecule has 0 radical (unpaired) electrons. The molecule has 0 bridgehead atoms. The average Bonchev–Trinajstić information content (AvgIpc) is 3.47. The first-order valence-electron chi connectivity index (χ1n) is 11.7. The van der Waals surface area contributed by atoms with Crippen LogP contribution in [-0.2, 0) is 17.6 Å². The Morgan fingerprint density at radius 3 is 2.68 bits per heavy atom. The van der Waals surface area contributed by atoms with Crippen molar-refractivity contribution in [3.05, 3.63) is 69.4 Å². The molecule has 1 aromatic carbocycles. The number of anilines is 1. The SMILES string of the molecule is CCOC(=O)c1c(NC(=O)c2cc(-c3cccs3)nc3ccccc23)sc2c1CCCCCC2. The van der Waals surface area contributed by atoms with Gasteiger partial charge < -0.3 is 10.1 Å². The van der Waals surface area contributed by atoms with Crippen molar-refractivity contribution in [1.29, 1.82) is 0 Å². The monoisotopic (exact) mass is 490 g/mol. The van der Waals surface area contributed by atoms with Gasteiger partial charge in [0.25, 0.3) is 5.91 Å². The number of esters is 1. The van der Waals surface area contributed by atoms with Crippen LogP contribution in [0.5, 0.6) is 0 Å². The summed E-state index contributed by atoms with van der Waals surface area (Å²) < 4.78 is 5.40. The van der Waals surface area contributed by atoms with Crippen molar-refractivity contribution in [3.63, 3.8) is 0 Å². The number of pyridine rings is 1. The number of ether oxygens (including phenoxy) is 1. The van der Waals surface area contributed by atoms with Gasteiger partial charge in [-0.05, 0) is 61.7 Å². The number of carbonyl (C=O) groups excluding carboxylic acids is 2. The van der Waals surface area contributed by atoms with Crippen LogP contribution < -0.4 is 5.32 Å². The Bertz CT molecular complexity index is 1340. The maximum atomic E-state index is 13.7. The number of para-hydroxylation sites is 1. The molecular weight excluding hydrogens is 464 g/mol. The molecule has 5 rings (SSSR count). The van der Waals surface area contributed by atoms with E-state index in [0.29, 0.717) is 22.7 Å². The lowest BCUT2D eigenvalue weighted by molar-refractivity contribution is 0.0526. The first-order chi connectivity index (χ1) is 16.7. The highest BCUT2D eigenvalue weighted by Crippen LogP contribution is 2.38. The maximum absolute atomic E-state index is 13.7. The number of rotatable bonds is 5. The van der Waals surface area contributed by atoms with Gasteiger partial charge in [-0.3, -0.25) is 4.79 Å². The molecule has 0 saturated carbocycles. The predicted octanol–water partition coefficient (Wildman–Crippen LogP) is 7.11. The summed E-state index contributed by atoms with van der Waals surface area (Å²) in [6, 6.07) is 13.5. The van der Waals surface area contributed by atoms with Crippen LogP contribution in [0.3, 0.4) is 0 Å². The fourth-order valence-corrected chi connectivity index (χ4v) is 6.47. The van der Waals surface area contributed by atoms with Crippen molar-refractivity contribution in [2.24, 2.45) is 0 Å². The number of hydrogen-bond donors (Lipinski definition) is 1. The summed E-state index contributed by atoms with van der Waals surface area (Å²) in [5.74, 6) is -0.592. The van der Waals surface area contributed by atoms with Crippen molar-refractivity contribution in [2.75, 3.05) is 11.9 Å². The number of nitrogens with zero attached hydrogens (tertiary/aromatic N) is 1. The van der Waals surface area contributed by atoms with Crippen molar-refractivity contribution >= 4 is 50.5 Å². The molecule has 3 aromatic heterocycles. The average molecular weight is 491 g/mol. The fourth-order valence-electron chi connectivity index (χ4n) is 4.51. The number of aromatic nitrogens is 1. The quantitative estimate of drug-likeness (QED) is 0.303. The summed E-state index contributed by atoms with van der Waals surface area (Å²) >= 11 is 3.11. The molecule has 1 aliphatic carbocycles. The predicted molar refractivity (Wildman–Crippen MR) is 139 cm³/mol. The second-order valence-corrected chi connectivity index (χ2v) is 10.4. The summed E-state index contributed by atoms with van der Waals surface area (Å²) in [7, 11) is 0. The number of amides is 1. The molecule has 5 nitrogen and oxygen atoms in total. The van der Waals surface area contributed by atoms with Gasteiger partial charge in [0.2, 0.25) is 0 Å². The lowest BCUT2D eigenvalue weighted by Crippen LogP contribution is -2.16. The van der Waals surface area contributed by atoms with E-state index in [2.05, 4.69) is 5.32 Å². The molecule has 0 spiro atoms. The summed E-state index contributed by atoms with van der Waals surface area (Å²) in [6.45, 7) is 2.11. The highest BCUT2D eigenvalue weighted by molar-refractivity contribution is 7.17. The summed E-state index contributed by atoms with van der Waals surface area (Å²) in [4.78, 5) is 33.6. The van der Waals surface area contributed by atoms with E-state index < -0.39 is 0 Å². The zero-order chi connectivity index (χ0) is 23.5. The van der Waals surface area contributed by atoms with E-state index in [4.69, 9.17) is 9.72 Å². The Kier molecular flexibility index (Phi) is 6.74. The number of hydrogen-bond acceptors (Lipinski definition) is 6. The van der Waals surface area contributed by atoms with Gasteiger partial charge in [-0.25, -0.2) is 9.78 Å². The van der Waals surface area contributed by atoms with E-state index >= 15 is 0 Å². The Hall–Kier alpha value is -3.03. The third-order valence-corrected chi connectivity index (χ3v) is 8.21. The van der Waals surface area contributed by atoms with Crippen LogP contribution in [0, 0.1) is 0 Å². The number of benzene rings is 1. The minimum Gasteiger partial charge on any atom is -0.462 e. The van der Waals surface area contributed by atoms with Gasteiger partial charge in [0.05, 0.1) is 33.8 Å². The number of nitrogens with one attached hydrogen (secondary N) is 1. The van der Waals surface area contributed by atoms with Crippen molar-refractivity contribution in [3.8, 4) is 10.6 Å². The Labute approximate surface area is 206 Å². The molecule has 1 amide bonds. The van der Waals surface area contributed by atoms with Gasteiger partial charge in [-0.1, -0.05) is 37.1 Å². The van der Waals surface area contributed by atoms with Crippen molar-refractivity contribution < 1.29 is 14.3 Å². The maximum Gasteiger partial charge on any atom is 0.341 e. The first-order valence-corrected chi connectivity index (χ1v) is 13.4. The topological polar surface area (TPSA) is 68.3 Å². The second kappa shape index (κ2) is 10.1. The van der Waals surface area contributed by atoms with Crippen molar-refractivity contribution in [2.45, 2.75) is 45.4 Å². The van der Waals surface area contributed by atoms with E-state index in [1.807, 2.05) is 47.8 Å². The largest absolute Gasteiger partial charge is 0.462 e. The molecule has 34 heavy (non-hydrogen) atoms. The van der Waals surface area contributed by atoms with Crippen LogP contribution in [0.2, 0.25) is 0 Å². The van der Waals surface area contributed by atoms with Gasteiger partial charge in [-0.15, -0.1) is 22.7 Å². The van der Waals surface area contributed by atoms with Crippen LogP contribution in [0.15, 0.2) is 47.8 Å². The molecule has 0 unspecified atom stereocenters. The lowest BCUT2D eigenvalue weighted by atomic mass is 9.96. The molecule has 0 saturated heterocycles. The molecule has 174 valence electrons. The Morgan fingerprint density at radius 2 is 1.88 bits per heavy atom. The highest BCUT2D eigenvalue weighted by Gasteiger charge is 2.27. The summed E-state index contributed by atoms with van der Waals surface area (Å²) in [5, 5.41) is 6.46. The molecule has 1 N–H and O–H groups in total. The van der Waals surface area contributed by atoms with E-state index in [-0.39, 0.29) is 11.9 Å². The molecule has 4 aromatic rings. The van der Waals surface area contributed by atoms with Crippen LogP contribution in [0.25, 0.3) is 21.5 Å². The summed E-state index contributed by atoms with van der Waals surface area (Å²) in [5.41, 5.74) is 3.67. The summed E-state index contributed by atoms with van der Waals surface area (Å²) in [6.07, 6.45) is 6.28. The Morgan fingerprint density at radius 1 is 1.06 bits per heavy atom. The lowest BCUT2D eigenvalue weighted by Gasteiger charge is -2.12. The number of aryl methyl sites for hydroxylation is 1. The van der Waals surface area contributed by atoms with Crippen LogP contribution in [0.4, 0.5) is 5.00 Å². The van der Waals surface area contributed by atoms with E-state index in [1.54, 1.807) is 18.3 Å². The number of thiophene rings is 2. The molecule has 0 atom stereocenters. The third kappa shape index (κ3) is 4.50. The number of carbonyl (C=O) groups is 2. The number of fused-ring (bicyclic) bond motifs is 2. The molecule has 0 fully saturated rings. The molecule has 7 heteroatoms. The zero-order valence-electron chi connectivity index (χ0n) is 19.1. The molecule has 3 heterocycles. The Balaban J connectivity index is 1.57. The van der Waals surface area contributed by atoms with Gasteiger partial charge >= 0.3 is 5.97 Å². The van der Waals surface area contributed by atoms with Gasteiger partial charge in [0.1, 0.15) is 5.00 Å². The zero-order valence-corrected chi connectivity index (χ0v) is 20.7. The van der Waals surface area contributed by atoms with Crippen molar-refractivity contribution in [1.82, 2.24) is 4.98 Å². The minimum atomic E-state index is -0.352. The smallest absolute Gasteiger partial charge is 0.341 e. The van der Waals surface area contributed by atoms with Crippen LogP contribution in [0.1, 0.15) is 63.8 Å². The van der Waals surface area contributed by atoms with E-state index in [0.717, 1.165) is 59.1 Å². The molecule has 0 aliphatic heterocycles. The fraction of sp³-hybridized carbons (Fsp3) is 0.296. The first kappa shape index (κ1) is 22.7. The molecule has 1 aliphatic rings. The van der Waals surface area contributed by atoms with Gasteiger partial charge in [0, 0.05) is 10.3 Å². The third-order valence-electron chi connectivity index (χ3n) is 6.11.